The van der Waals surface area contributed by atoms with Gasteiger partial charge in [0.2, 0.25) is 0 Å². The summed E-state index contributed by atoms with van der Waals surface area (Å²) in [5, 5.41) is 2.98. The molecule has 0 atom stereocenters. The summed E-state index contributed by atoms with van der Waals surface area (Å²) in [5.74, 6) is 0.905. The third-order valence-corrected chi connectivity index (χ3v) is 2.12. The van der Waals surface area contributed by atoms with Crippen LogP contribution in [0.25, 0.3) is 0 Å². The van der Waals surface area contributed by atoms with Crippen molar-refractivity contribution in [3.05, 3.63) is 36.6 Å². The number of aliphatic imine (C=N–C) groups is 2. The molecule has 0 saturated carbocycles. The van der Waals surface area contributed by atoms with Crippen LogP contribution in [0, 0.1) is 0 Å². The molecule has 16 heavy (non-hydrogen) atoms. The molecule has 0 aliphatic carbocycles. The Hall–Kier alpha value is -1.64. The summed E-state index contributed by atoms with van der Waals surface area (Å²) in [7, 11) is 1.85. The van der Waals surface area contributed by atoms with E-state index >= 15 is 0 Å². The highest BCUT2D eigenvalue weighted by Crippen LogP contribution is 2.07. The first-order chi connectivity index (χ1) is 7.65. The lowest BCUT2D eigenvalue weighted by molar-refractivity contribution is 1.06. The minimum atomic E-state index is 0.605. The molecule has 0 spiro atoms. The van der Waals surface area contributed by atoms with Gasteiger partial charge in [-0.15, -0.1) is 6.58 Å². The van der Waals surface area contributed by atoms with Gasteiger partial charge in [0.15, 0.2) is 0 Å². The lowest BCUT2D eigenvalue weighted by Crippen LogP contribution is -2.14. The fourth-order valence-electron chi connectivity index (χ4n) is 0.957. The summed E-state index contributed by atoms with van der Waals surface area (Å²) < 4.78 is 0. The van der Waals surface area contributed by atoms with Gasteiger partial charge in [-0.25, -0.2) is 0 Å². The molecule has 3 heteroatoms. The van der Waals surface area contributed by atoms with E-state index in [2.05, 4.69) is 28.5 Å². The van der Waals surface area contributed by atoms with Crippen LogP contribution in [0.4, 0.5) is 0 Å². The van der Waals surface area contributed by atoms with Crippen molar-refractivity contribution in [3.63, 3.8) is 0 Å². The van der Waals surface area contributed by atoms with Crippen molar-refractivity contribution in [2.24, 2.45) is 9.98 Å². The molecular formula is C13H21N3. The standard InChI is InChI=1S/C13H21N3/c1-6-8-9-15-11(3)13(7-2)10-16-12(4)14-5/h6-7,9H,1-2,8,10H2,3-5H3,(H,14,16)/b13-11-,15-9-. The predicted molar refractivity (Wildman–Crippen MR) is 73.2 cm³/mol. The zero-order valence-corrected chi connectivity index (χ0v) is 10.5. The van der Waals surface area contributed by atoms with Crippen LogP contribution in [-0.2, 0) is 0 Å². The monoisotopic (exact) mass is 219 g/mol. The van der Waals surface area contributed by atoms with Gasteiger partial charge in [-0.1, -0.05) is 18.7 Å². The molecule has 0 unspecified atom stereocenters. The largest absolute Gasteiger partial charge is 0.377 e. The third kappa shape index (κ3) is 5.96. The van der Waals surface area contributed by atoms with Gasteiger partial charge in [-0.05, 0) is 19.4 Å². The number of nitrogens with zero attached hydrogens (tertiary/aromatic N) is 2. The first kappa shape index (κ1) is 14.4. The zero-order chi connectivity index (χ0) is 12.4. The van der Waals surface area contributed by atoms with Crippen LogP contribution in [0.1, 0.15) is 20.3 Å². The molecule has 0 radical (unpaired) electrons. The van der Waals surface area contributed by atoms with Crippen molar-refractivity contribution in [2.45, 2.75) is 20.3 Å². The molecule has 0 aliphatic heterocycles. The van der Waals surface area contributed by atoms with E-state index in [4.69, 9.17) is 0 Å². The summed E-state index contributed by atoms with van der Waals surface area (Å²) in [6.45, 7) is 11.9. The first-order valence-corrected chi connectivity index (χ1v) is 5.30. The summed E-state index contributed by atoms with van der Waals surface area (Å²) >= 11 is 0. The van der Waals surface area contributed by atoms with Gasteiger partial charge in [-0.3, -0.25) is 9.98 Å². The maximum absolute atomic E-state index is 4.35. The van der Waals surface area contributed by atoms with Crippen LogP contribution in [0.3, 0.4) is 0 Å². The Bertz CT molecular complexity index is 322. The van der Waals surface area contributed by atoms with Crippen molar-refractivity contribution in [3.8, 4) is 0 Å². The van der Waals surface area contributed by atoms with E-state index < -0.39 is 0 Å². The molecule has 0 saturated heterocycles. The second kappa shape index (κ2) is 8.65. The summed E-state index contributed by atoms with van der Waals surface area (Å²) in [4.78, 5) is 8.66. The van der Waals surface area contributed by atoms with Crippen LogP contribution in [0.5, 0.6) is 0 Å². The molecule has 0 aromatic rings. The van der Waals surface area contributed by atoms with E-state index in [1.54, 1.807) is 6.08 Å². The average Bonchev–Trinajstić information content (AvgIpc) is 2.29. The topological polar surface area (TPSA) is 36.8 Å². The first-order valence-electron chi connectivity index (χ1n) is 5.30. The van der Waals surface area contributed by atoms with E-state index in [9.17, 15) is 0 Å². The molecule has 0 heterocycles. The van der Waals surface area contributed by atoms with E-state index in [0.29, 0.717) is 6.54 Å². The van der Waals surface area contributed by atoms with Gasteiger partial charge >= 0.3 is 0 Å². The highest BCUT2D eigenvalue weighted by atomic mass is 15.0. The number of nitrogens with one attached hydrogen (secondary N) is 1. The van der Waals surface area contributed by atoms with Crippen molar-refractivity contribution >= 4 is 12.1 Å². The molecule has 0 rings (SSSR count). The maximum Gasteiger partial charge on any atom is 0.0933 e. The average molecular weight is 219 g/mol. The molecule has 0 aliphatic rings. The second-order valence-corrected chi connectivity index (χ2v) is 3.30. The van der Waals surface area contributed by atoms with Gasteiger partial charge in [-0.2, -0.15) is 0 Å². The second-order valence-electron chi connectivity index (χ2n) is 3.30. The molecule has 0 amide bonds. The fraction of sp³-hybridized carbons (Fsp3) is 0.385. The zero-order valence-electron chi connectivity index (χ0n) is 10.5. The normalized spacial score (nSPS) is 13.6. The molecule has 3 nitrogen and oxygen atoms in total. The Kier molecular flexibility index (Phi) is 7.76. The van der Waals surface area contributed by atoms with Crippen molar-refractivity contribution in [1.82, 2.24) is 5.32 Å². The Balaban J connectivity index is 4.62. The predicted octanol–water partition coefficient (Wildman–Crippen LogP) is 2.73. The molecule has 0 bridgehead atoms. The molecule has 0 aromatic carbocycles. The SMILES string of the molecule is C=CC/C=N\C(C)=C(\C=C)C/N=C(\C)NC. The Labute approximate surface area is 98.4 Å². The highest BCUT2D eigenvalue weighted by molar-refractivity contribution is 5.79. The molecule has 1 N–H and O–H groups in total. The van der Waals surface area contributed by atoms with Crippen LogP contribution in [-0.4, -0.2) is 25.6 Å². The van der Waals surface area contributed by atoms with E-state index in [-0.39, 0.29) is 0 Å². The Morgan fingerprint density at radius 1 is 1.31 bits per heavy atom. The highest BCUT2D eigenvalue weighted by Gasteiger charge is 1.96. The minimum Gasteiger partial charge on any atom is -0.377 e. The Morgan fingerprint density at radius 3 is 2.50 bits per heavy atom. The number of hydrogen-bond donors (Lipinski definition) is 1. The number of hydrogen-bond acceptors (Lipinski definition) is 2. The lowest BCUT2D eigenvalue weighted by Gasteiger charge is -2.03. The minimum absolute atomic E-state index is 0.605. The fourth-order valence-corrected chi connectivity index (χ4v) is 0.957. The molecule has 88 valence electrons. The smallest absolute Gasteiger partial charge is 0.0933 e. The molecule has 0 aromatic heterocycles. The number of allylic oxidation sites excluding steroid dienone is 2. The van der Waals surface area contributed by atoms with Gasteiger partial charge in [0, 0.05) is 25.4 Å². The van der Waals surface area contributed by atoms with Crippen molar-refractivity contribution in [1.29, 1.82) is 0 Å². The van der Waals surface area contributed by atoms with Gasteiger partial charge in [0.05, 0.1) is 12.4 Å². The third-order valence-electron chi connectivity index (χ3n) is 2.12. The molecule has 0 fully saturated rings. The van der Waals surface area contributed by atoms with Gasteiger partial charge < -0.3 is 5.32 Å². The van der Waals surface area contributed by atoms with E-state index in [0.717, 1.165) is 23.5 Å². The van der Waals surface area contributed by atoms with Crippen LogP contribution < -0.4 is 5.32 Å². The summed E-state index contributed by atoms with van der Waals surface area (Å²) in [5.41, 5.74) is 1.99. The maximum atomic E-state index is 4.35. The lowest BCUT2D eigenvalue weighted by atomic mass is 10.2. The number of amidine groups is 1. The van der Waals surface area contributed by atoms with Crippen molar-refractivity contribution < 1.29 is 0 Å². The van der Waals surface area contributed by atoms with Crippen LogP contribution in [0.15, 0.2) is 46.6 Å². The Morgan fingerprint density at radius 2 is 2.00 bits per heavy atom. The summed E-state index contributed by atoms with van der Waals surface area (Å²) in [6.07, 6.45) is 6.22. The molecular weight excluding hydrogens is 198 g/mol. The van der Waals surface area contributed by atoms with Gasteiger partial charge in [0.1, 0.15) is 0 Å². The number of rotatable bonds is 6. The van der Waals surface area contributed by atoms with Crippen molar-refractivity contribution in [2.75, 3.05) is 13.6 Å². The van der Waals surface area contributed by atoms with Gasteiger partial charge in [0.25, 0.3) is 0 Å². The van der Waals surface area contributed by atoms with E-state index in [1.165, 1.54) is 0 Å². The van der Waals surface area contributed by atoms with Crippen LogP contribution in [0.2, 0.25) is 0 Å². The quantitative estimate of drug-likeness (QED) is 0.317. The summed E-state index contributed by atoms with van der Waals surface area (Å²) in [6, 6.07) is 0. The van der Waals surface area contributed by atoms with E-state index in [1.807, 2.05) is 33.2 Å². The van der Waals surface area contributed by atoms with Crippen LogP contribution >= 0.6 is 0 Å².